The number of halogens is 1. The fraction of sp³-hybridized carbons (Fsp3) is 0.0625. The Hall–Kier alpha value is -2.28. The average Bonchev–Trinajstić information content (AvgIpc) is 3.08. The van der Waals surface area contributed by atoms with Crippen LogP contribution < -0.4 is 5.32 Å². The van der Waals surface area contributed by atoms with Crippen molar-refractivity contribution in [1.29, 1.82) is 5.26 Å². The van der Waals surface area contributed by atoms with E-state index in [9.17, 15) is 4.79 Å². The molecule has 2 heterocycles. The highest BCUT2D eigenvalue weighted by Crippen LogP contribution is 2.28. The molecule has 0 bridgehead atoms. The Morgan fingerprint density at radius 3 is 2.80 bits per heavy atom. The number of pyridine rings is 1. The molecule has 1 amide bonds. The Kier molecular flexibility index (Phi) is 5.75. The molecule has 0 unspecified atom stereocenters. The minimum absolute atomic E-state index is 0.284. The quantitative estimate of drug-likeness (QED) is 0.482. The SMILES string of the molecule is N#Cc1ccc(CSc2nnc(NC(=O)c3cncc(Br)c3)s2)cc1. The van der Waals surface area contributed by atoms with Gasteiger partial charge in [0.05, 0.1) is 17.2 Å². The predicted molar refractivity (Wildman–Crippen MR) is 101 cm³/mol. The molecule has 3 aromatic rings. The summed E-state index contributed by atoms with van der Waals surface area (Å²) in [5.41, 5.74) is 2.16. The Balaban J connectivity index is 1.58. The first-order chi connectivity index (χ1) is 12.1. The number of anilines is 1. The summed E-state index contributed by atoms with van der Waals surface area (Å²) in [6.45, 7) is 0. The molecule has 0 saturated heterocycles. The topological polar surface area (TPSA) is 91.6 Å². The number of nitriles is 1. The van der Waals surface area contributed by atoms with Crippen molar-refractivity contribution in [1.82, 2.24) is 15.2 Å². The maximum absolute atomic E-state index is 12.1. The van der Waals surface area contributed by atoms with E-state index < -0.39 is 0 Å². The molecule has 0 atom stereocenters. The molecular formula is C16H10BrN5OS2. The van der Waals surface area contributed by atoms with Gasteiger partial charge in [-0.3, -0.25) is 15.1 Å². The lowest BCUT2D eigenvalue weighted by Crippen LogP contribution is -2.11. The van der Waals surface area contributed by atoms with Gasteiger partial charge in [0, 0.05) is 22.6 Å². The number of nitrogens with zero attached hydrogens (tertiary/aromatic N) is 4. The van der Waals surface area contributed by atoms with Crippen LogP contribution in [0.15, 0.2) is 51.5 Å². The smallest absolute Gasteiger partial charge is 0.259 e. The van der Waals surface area contributed by atoms with E-state index in [0.717, 1.165) is 14.4 Å². The number of rotatable bonds is 5. The molecular weight excluding hydrogens is 422 g/mol. The number of carbonyl (C=O) groups is 1. The van der Waals surface area contributed by atoms with Gasteiger partial charge in [-0.15, -0.1) is 10.2 Å². The van der Waals surface area contributed by atoms with Crippen LogP contribution in [-0.4, -0.2) is 21.1 Å². The van der Waals surface area contributed by atoms with Gasteiger partial charge in [0.2, 0.25) is 5.13 Å². The molecule has 0 saturated carbocycles. The summed E-state index contributed by atoms with van der Waals surface area (Å²) < 4.78 is 1.49. The first-order valence-electron chi connectivity index (χ1n) is 7.01. The van der Waals surface area contributed by atoms with Crippen molar-refractivity contribution < 1.29 is 4.79 Å². The largest absolute Gasteiger partial charge is 0.296 e. The van der Waals surface area contributed by atoms with E-state index in [1.165, 1.54) is 29.3 Å². The molecule has 6 nitrogen and oxygen atoms in total. The van der Waals surface area contributed by atoms with Gasteiger partial charge in [0.1, 0.15) is 0 Å². The number of hydrogen-bond acceptors (Lipinski definition) is 7. The lowest BCUT2D eigenvalue weighted by atomic mass is 10.2. The van der Waals surface area contributed by atoms with Crippen molar-refractivity contribution in [3.05, 3.63) is 63.9 Å². The summed E-state index contributed by atoms with van der Waals surface area (Å²) in [6.07, 6.45) is 3.10. The Bertz CT molecular complexity index is 936. The van der Waals surface area contributed by atoms with Crippen molar-refractivity contribution in [2.75, 3.05) is 5.32 Å². The maximum Gasteiger partial charge on any atom is 0.259 e. The van der Waals surface area contributed by atoms with Crippen LogP contribution in [0.5, 0.6) is 0 Å². The van der Waals surface area contributed by atoms with Gasteiger partial charge >= 0.3 is 0 Å². The highest BCUT2D eigenvalue weighted by molar-refractivity contribution is 9.10. The summed E-state index contributed by atoms with van der Waals surface area (Å²) in [4.78, 5) is 16.1. The minimum atomic E-state index is -0.284. The molecule has 0 aliphatic carbocycles. The van der Waals surface area contributed by atoms with Crippen LogP contribution in [0.2, 0.25) is 0 Å². The van der Waals surface area contributed by atoms with Gasteiger partial charge in [0.25, 0.3) is 5.91 Å². The zero-order valence-electron chi connectivity index (χ0n) is 12.6. The highest BCUT2D eigenvalue weighted by atomic mass is 79.9. The molecule has 25 heavy (non-hydrogen) atoms. The minimum Gasteiger partial charge on any atom is -0.296 e. The van der Waals surface area contributed by atoms with Gasteiger partial charge in [-0.1, -0.05) is 35.2 Å². The summed E-state index contributed by atoms with van der Waals surface area (Å²) in [5, 5.41) is 20.0. The third-order valence-corrected chi connectivity index (χ3v) is 5.52. The predicted octanol–water partition coefficient (Wildman–Crippen LogP) is 4.11. The van der Waals surface area contributed by atoms with Crippen molar-refractivity contribution in [2.24, 2.45) is 0 Å². The van der Waals surface area contributed by atoms with Gasteiger partial charge in [0.15, 0.2) is 4.34 Å². The second-order valence-corrected chi connectivity index (χ2v) is 7.93. The van der Waals surface area contributed by atoms with E-state index in [0.29, 0.717) is 22.0 Å². The van der Waals surface area contributed by atoms with Crippen molar-refractivity contribution in [3.63, 3.8) is 0 Å². The van der Waals surface area contributed by atoms with Crippen LogP contribution in [0, 0.1) is 11.3 Å². The van der Waals surface area contributed by atoms with Gasteiger partial charge < -0.3 is 0 Å². The van der Waals surface area contributed by atoms with Crippen LogP contribution >= 0.6 is 39.0 Å². The van der Waals surface area contributed by atoms with Crippen molar-refractivity contribution in [2.45, 2.75) is 10.1 Å². The number of nitrogens with one attached hydrogen (secondary N) is 1. The molecule has 3 rings (SSSR count). The summed E-state index contributed by atoms with van der Waals surface area (Å²) >= 11 is 6.12. The van der Waals surface area contributed by atoms with Crippen LogP contribution in [0.4, 0.5) is 5.13 Å². The number of amides is 1. The Morgan fingerprint density at radius 2 is 2.08 bits per heavy atom. The standard InChI is InChI=1S/C16H10BrN5OS2/c17-13-5-12(7-19-8-13)14(23)20-15-21-22-16(25-15)24-9-11-3-1-10(6-18)2-4-11/h1-5,7-8H,9H2,(H,20,21,23). The number of aromatic nitrogens is 3. The summed E-state index contributed by atoms with van der Waals surface area (Å²) in [5.74, 6) is 0.428. The van der Waals surface area contributed by atoms with E-state index in [1.807, 2.05) is 12.1 Å². The van der Waals surface area contributed by atoms with Crippen LogP contribution in [0.25, 0.3) is 0 Å². The van der Waals surface area contributed by atoms with Gasteiger partial charge in [-0.25, -0.2) is 0 Å². The first kappa shape index (κ1) is 17.5. The molecule has 1 aromatic carbocycles. The van der Waals surface area contributed by atoms with Crippen LogP contribution in [0.3, 0.4) is 0 Å². The highest BCUT2D eigenvalue weighted by Gasteiger charge is 2.11. The normalized spacial score (nSPS) is 10.2. The summed E-state index contributed by atoms with van der Waals surface area (Å²) in [6, 6.07) is 11.2. The second-order valence-electron chi connectivity index (χ2n) is 4.82. The van der Waals surface area contributed by atoms with E-state index in [4.69, 9.17) is 5.26 Å². The van der Waals surface area contributed by atoms with Gasteiger partial charge in [-0.2, -0.15) is 5.26 Å². The Morgan fingerprint density at radius 1 is 1.28 bits per heavy atom. The lowest BCUT2D eigenvalue weighted by molar-refractivity contribution is 0.102. The fourth-order valence-electron chi connectivity index (χ4n) is 1.84. The lowest BCUT2D eigenvalue weighted by Gasteiger charge is -2.00. The molecule has 0 spiro atoms. The summed E-state index contributed by atoms with van der Waals surface area (Å²) in [7, 11) is 0. The molecule has 9 heteroatoms. The molecule has 0 fully saturated rings. The van der Waals surface area contributed by atoms with Crippen LogP contribution in [0.1, 0.15) is 21.5 Å². The number of thioether (sulfide) groups is 1. The zero-order chi connectivity index (χ0) is 17.6. The van der Waals surface area contributed by atoms with Gasteiger partial charge in [-0.05, 0) is 39.7 Å². The molecule has 0 aliphatic heterocycles. The van der Waals surface area contributed by atoms with E-state index in [1.54, 1.807) is 24.4 Å². The number of hydrogen-bond donors (Lipinski definition) is 1. The fourth-order valence-corrected chi connectivity index (χ4v) is 3.91. The zero-order valence-corrected chi connectivity index (χ0v) is 15.9. The van der Waals surface area contributed by atoms with E-state index in [-0.39, 0.29) is 5.91 Å². The average molecular weight is 432 g/mol. The third kappa shape index (κ3) is 4.85. The molecule has 0 aliphatic rings. The monoisotopic (exact) mass is 431 g/mol. The first-order valence-corrected chi connectivity index (χ1v) is 9.61. The maximum atomic E-state index is 12.1. The van der Waals surface area contributed by atoms with Crippen molar-refractivity contribution in [3.8, 4) is 6.07 Å². The number of carbonyl (C=O) groups excluding carboxylic acids is 1. The second kappa shape index (κ2) is 8.20. The molecule has 124 valence electrons. The molecule has 2 aromatic heterocycles. The third-order valence-electron chi connectivity index (χ3n) is 3.04. The van der Waals surface area contributed by atoms with E-state index >= 15 is 0 Å². The van der Waals surface area contributed by atoms with Crippen LogP contribution in [-0.2, 0) is 5.75 Å². The van der Waals surface area contributed by atoms with Crippen molar-refractivity contribution >= 4 is 50.1 Å². The van der Waals surface area contributed by atoms with E-state index in [2.05, 4.69) is 42.5 Å². The molecule has 1 N–H and O–H groups in total. The Labute approximate surface area is 160 Å². The number of benzene rings is 1. The molecule has 0 radical (unpaired) electrons.